The van der Waals surface area contributed by atoms with Crippen molar-refractivity contribution in [2.75, 3.05) is 12.4 Å². The van der Waals surface area contributed by atoms with E-state index in [0.717, 1.165) is 14.7 Å². The van der Waals surface area contributed by atoms with Crippen molar-refractivity contribution in [3.8, 4) is 0 Å². The molecule has 33 heavy (non-hydrogen) atoms. The monoisotopic (exact) mass is 492 g/mol. The summed E-state index contributed by atoms with van der Waals surface area (Å²) in [5, 5.41) is 8.91. The van der Waals surface area contributed by atoms with Crippen molar-refractivity contribution >= 4 is 41.1 Å². The van der Waals surface area contributed by atoms with Gasteiger partial charge in [0.1, 0.15) is 5.82 Å². The Bertz CT molecular complexity index is 1210. The summed E-state index contributed by atoms with van der Waals surface area (Å²) in [6, 6.07) is 29.9. The highest BCUT2D eigenvalue weighted by Gasteiger charge is 2.13. The quantitative estimate of drug-likeness (QED) is 0.194. The number of aliphatic hydroxyl groups excluding tert-OH is 1. The maximum atomic E-state index is 14.8. The number of halogens is 1. The molecule has 0 fully saturated rings. The molecule has 0 saturated heterocycles. The second-order valence-corrected chi connectivity index (χ2v) is 10.5. The fourth-order valence-electron chi connectivity index (χ4n) is 3.08. The Morgan fingerprint density at radius 1 is 0.697 bits per heavy atom. The zero-order chi connectivity index (χ0) is 23.0. The van der Waals surface area contributed by atoms with E-state index < -0.39 is 5.82 Å². The van der Waals surface area contributed by atoms with E-state index in [1.165, 1.54) is 34.5 Å². The SMILES string of the molecule is O=C(c1ccc(SCCO)cc1)c1ccc(Sc2ccc(Sc3ccccc3)cc2)c(F)c1. The van der Waals surface area contributed by atoms with Gasteiger partial charge >= 0.3 is 0 Å². The molecular weight excluding hydrogens is 471 g/mol. The molecule has 0 aliphatic carbocycles. The Hall–Kier alpha value is -2.51. The van der Waals surface area contributed by atoms with Gasteiger partial charge in [-0.25, -0.2) is 4.39 Å². The second-order valence-electron chi connectivity index (χ2n) is 7.06. The van der Waals surface area contributed by atoms with E-state index in [9.17, 15) is 9.18 Å². The summed E-state index contributed by atoms with van der Waals surface area (Å²) in [6.07, 6.45) is 0. The molecule has 6 heteroatoms. The Kier molecular flexibility index (Phi) is 8.29. The first-order valence-electron chi connectivity index (χ1n) is 10.3. The minimum absolute atomic E-state index is 0.103. The van der Waals surface area contributed by atoms with Gasteiger partial charge in [0.25, 0.3) is 0 Å². The Balaban J connectivity index is 1.41. The summed E-state index contributed by atoms with van der Waals surface area (Å²) >= 11 is 4.53. The number of ketones is 1. The second kappa shape index (κ2) is 11.6. The summed E-state index contributed by atoms with van der Waals surface area (Å²) in [6.45, 7) is 0.103. The molecule has 2 nitrogen and oxygen atoms in total. The zero-order valence-corrected chi connectivity index (χ0v) is 20.1. The van der Waals surface area contributed by atoms with E-state index in [1.807, 2.05) is 54.6 Å². The van der Waals surface area contributed by atoms with E-state index in [0.29, 0.717) is 21.8 Å². The Morgan fingerprint density at radius 3 is 1.91 bits per heavy atom. The number of thioether (sulfide) groups is 1. The maximum Gasteiger partial charge on any atom is 0.193 e. The number of carbonyl (C=O) groups is 1. The number of hydrogen-bond donors (Lipinski definition) is 1. The van der Waals surface area contributed by atoms with Gasteiger partial charge in [0.05, 0.1) is 6.61 Å². The number of rotatable bonds is 9. The van der Waals surface area contributed by atoms with Crippen molar-refractivity contribution in [1.29, 1.82) is 0 Å². The van der Waals surface area contributed by atoms with Crippen molar-refractivity contribution in [2.45, 2.75) is 24.5 Å². The third kappa shape index (κ3) is 6.51. The Labute approximate surface area is 205 Å². The molecule has 4 rings (SSSR count). The van der Waals surface area contributed by atoms with Gasteiger partial charge in [0.15, 0.2) is 5.78 Å². The summed E-state index contributed by atoms with van der Waals surface area (Å²) in [7, 11) is 0. The standard InChI is InChI=1S/C27H21FO2S3/c28-25-18-20(27(30)19-6-9-21(10-7-19)31-17-16-29)8-15-26(25)33-24-13-11-23(12-14-24)32-22-4-2-1-3-5-22/h1-15,18,29H,16-17H2. The molecular formula is C27H21FO2S3. The van der Waals surface area contributed by atoms with Gasteiger partial charge in [-0.1, -0.05) is 41.7 Å². The van der Waals surface area contributed by atoms with Crippen molar-refractivity contribution in [2.24, 2.45) is 0 Å². The fraction of sp³-hybridized carbons (Fsp3) is 0.0741. The van der Waals surface area contributed by atoms with Crippen LogP contribution in [0.1, 0.15) is 15.9 Å². The van der Waals surface area contributed by atoms with E-state index in [1.54, 1.807) is 36.0 Å². The first kappa shape index (κ1) is 23.6. The highest BCUT2D eigenvalue weighted by atomic mass is 32.2. The summed E-state index contributed by atoms with van der Waals surface area (Å²) in [4.78, 5) is 17.4. The number of hydrogen-bond acceptors (Lipinski definition) is 5. The van der Waals surface area contributed by atoms with Crippen LogP contribution in [0.25, 0.3) is 0 Å². The molecule has 0 spiro atoms. The molecule has 4 aromatic carbocycles. The summed E-state index contributed by atoms with van der Waals surface area (Å²) in [5.41, 5.74) is 0.830. The molecule has 0 aromatic heterocycles. The first-order chi connectivity index (χ1) is 16.1. The predicted molar refractivity (Wildman–Crippen MR) is 135 cm³/mol. The highest BCUT2D eigenvalue weighted by molar-refractivity contribution is 8.00. The molecule has 0 bridgehead atoms. The molecule has 0 saturated carbocycles. The molecule has 0 atom stereocenters. The smallest absolute Gasteiger partial charge is 0.193 e. The van der Waals surface area contributed by atoms with Gasteiger partial charge < -0.3 is 5.11 Å². The van der Waals surface area contributed by atoms with Crippen LogP contribution in [0.4, 0.5) is 4.39 Å². The third-order valence-corrected chi connectivity index (χ3v) is 7.77. The lowest BCUT2D eigenvalue weighted by Crippen LogP contribution is -2.02. The highest BCUT2D eigenvalue weighted by Crippen LogP contribution is 2.33. The van der Waals surface area contributed by atoms with E-state index in [2.05, 4.69) is 12.1 Å². The molecule has 0 heterocycles. The van der Waals surface area contributed by atoms with E-state index in [4.69, 9.17) is 5.11 Å². The van der Waals surface area contributed by atoms with Crippen LogP contribution >= 0.6 is 35.3 Å². The van der Waals surface area contributed by atoms with Crippen LogP contribution in [0, 0.1) is 5.82 Å². The van der Waals surface area contributed by atoms with E-state index >= 15 is 0 Å². The number of aliphatic hydroxyl groups is 1. The van der Waals surface area contributed by atoms with Gasteiger partial charge in [-0.15, -0.1) is 11.8 Å². The van der Waals surface area contributed by atoms with Gasteiger partial charge in [0, 0.05) is 41.4 Å². The topological polar surface area (TPSA) is 37.3 Å². The van der Waals surface area contributed by atoms with Crippen LogP contribution in [0.5, 0.6) is 0 Å². The van der Waals surface area contributed by atoms with Crippen LogP contribution in [-0.2, 0) is 0 Å². The Morgan fingerprint density at radius 2 is 1.27 bits per heavy atom. The lowest BCUT2D eigenvalue weighted by molar-refractivity contribution is 0.103. The average molecular weight is 493 g/mol. The van der Waals surface area contributed by atoms with Crippen LogP contribution in [-0.4, -0.2) is 23.2 Å². The lowest BCUT2D eigenvalue weighted by atomic mass is 10.0. The molecule has 4 aromatic rings. The molecule has 0 aliphatic rings. The number of carbonyl (C=O) groups excluding carboxylic acids is 1. The van der Waals surface area contributed by atoms with Crippen LogP contribution in [0.3, 0.4) is 0 Å². The minimum atomic E-state index is -0.413. The van der Waals surface area contributed by atoms with Crippen molar-refractivity contribution in [3.05, 3.63) is 114 Å². The van der Waals surface area contributed by atoms with Gasteiger partial charge in [-0.3, -0.25) is 4.79 Å². The van der Waals surface area contributed by atoms with Crippen LogP contribution < -0.4 is 0 Å². The van der Waals surface area contributed by atoms with Crippen molar-refractivity contribution in [3.63, 3.8) is 0 Å². The van der Waals surface area contributed by atoms with Gasteiger partial charge in [-0.2, -0.15) is 0 Å². The number of benzene rings is 4. The third-order valence-electron chi connectivity index (χ3n) is 4.70. The fourth-order valence-corrected chi connectivity index (χ4v) is 5.40. The minimum Gasteiger partial charge on any atom is -0.396 e. The van der Waals surface area contributed by atoms with Crippen LogP contribution in [0.2, 0.25) is 0 Å². The summed E-state index contributed by atoms with van der Waals surface area (Å²) in [5.74, 6) is -0.0261. The van der Waals surface area contributed by atoms with Gasteiger partial charge in [0.2, 0.25) is 0 Å². The lowest BCUT2D eigenvalue weighted by Gasteiger charge is -2.08. The molecule has 166 valence electrons. The largest absolute Gasteiger partial charge is 0.396 e. The van der Waals surface area contributed by atoms with Crippen molar-refractivity contribution in [1.82, 2.24) is 0 Å². The molecule has 1 N–H and O–H groups in total. The zero-order valence-electron chi connectivity index (χ0n) is 17.6. The average Bonchev–Trinajstić information content (AvgIpc) is 2.85. The molecule has 0 amide bonds. The molecule has 0 aliphatic heterocycles. The first-order valence-corrected chi connectivity index (χ1v) is 12.9. The summed E-state index contributed by atoms with van der Waals surface area (Å²) < 4.78 is 14.8. The van der Waals surface area contributed by atoms with Crippen molar-refractivity contribution < 1.29 is 14.3 Å². The molecule has 0 radical (unpaired) electrons. The predicted octanol–water partition coefficient (Wildman–Crippen LogP) is 7.44. The van der Waals surface area contributed by atoms with E-state index in [-0.39, 0.29) is 12.4 Å². The molecule has 0 unspecified atom stereocenters. The van der Waals surface area contributed by atoms with Crippen LogP contribution in [0.15, 0.2) is 122 Å². The maximum absolute atomic E-state index is 14.8. The normalized spacial score (nSPS) is 10.8. The van der Waals surface area contributed by atoms with Gasteiger partial charge in [-0.05, 0) is 78.9 Å².